The van der Waals surface area contributed by atoms with E-state index >= 15 is 0 Å². The molecule has 0 spiro atoms. The molecule has 0 bridgehead atoms. The van der Waals surface area contributed by atoms with Crippen molar-refractivity contribution in [1.29, 1.82) is 0 Å². The van der Waals surface area contributed by atoms with E-state index in [0.29, 0.717) is 23.6 Å². The van der Waals surface area contributed by atoms with Gasteiger partial charge in [-0.15, -0.1) is 0 Å². The van der Waals surface area contributed by atoms with E-state index in [4.69, 9.17) is 9.26 Å². The molecule has 1 saturated carbocycles. The minimum absolute atomic E-state index is 0.138. The molecule has 1 aliphatic rings. The summed E-state index contributed by atoms with van der Waals surface area (Å²) in [5.41, 5.74) is 4.53. The number of ether oxygens (including phenoxy) is 1. The molecule has 1 atom stereocenters. The summed E-state index contributed by atoms with van der Waals surface area (Å²) in [5, 5.41) is 13.4. The third-order valence-electron chi connectivity index (χ3n) is 6.05. The number of hydrogen-bond acceptors (Lipinski definition) is 5. The molecule has 2 aromatic carbocycles. The average molecular weight is 419 g/mol. The van der Waals surface area contributed by atoms with Crippen LogP contribution in [0, 0.1) is 6.92 Å². The Hall–Kier alpha value is -3.41. The molecular formula is C25H25NO5. The van der Waals surface area contributed by atoms with Gasteiger partial charge in [-0.2, -0.15) is 0 Å². The first kappa shape index (κ1) is 20.8. The SMILES string of the molecule is CCOC(=O)C1(c2ccc(-c3ccc(-c4onc(C)c4C(C)C(=O)O)cc3)cc2)CC1. The van der Waals surface area contributed by atoms with Crippen LogP contribution in [0.3, 0.4) is 0 Å². The summed E-state index contributed by atoms with van der Waals surface area (Å²) in [5.74, 6) is -1.27. The molecule has 3 aromatic rings. The molecule has 6 nitrogen and oxygen atoms in total. The second-order valence-corrected chi connectivity index (χ2v) is 8.03. The van der Waals surface area contributed by atoms with Gasteiger partial charge in [0.1, 0.15) is 0 Å². The second kappa shape index (κ2) is 8.02. The van der Waals surface area contributed by atoms with Gasteiger partial charge in [0.05, 0.1) is 23.6 Å². The standard InChI is InChI=1S/C25H25NO5/c1-4-30-24(29)25(13-14-25)20-11-9-18(10-12-20)17-5-7-19(8-6-17)22-21(15(2)23(27)28)16(3)26-31-22/h5-12,15H,4,13-14H2,1-3H3,(H,27,28). The highest BCUT2D eigenvalue weighted by atomic mass is 16.5. The van der Waals surface area contributed by atoms with Crippen molar-refractivity contribution in [1.82, 2.24) is 5.16 Å². The number of aromatic nitrogens is 1. The van der Waals surface area contributed by atoms with E-state index in [1.807, 2.05) is 55.5 Å². The first-order valence-electron chi connectivity index (χ1n) is 10.4. The van der Waals surface area contributed by atoms with E-state index in [2.05, 4.69) is 5.16 Å². The summed E-state index contributed by atoms with van der Waals surface area (Å²) in [4.78, 5) is 23.8. The van der Waals surface area contributed by atoms with Crippen LogP contribution < -0.4 is 0 Å². The molecule has 0 amide bonds. The molecule has 0 aliphatic heterocycles. The van der Waals surface area contributed by atoms with Crippen LogP contribution in [-0.2, 0) is 19.7 Å². The molecule has 1 fully saturated rings. The molecule has 1 aromatic heterocycles. The summed E-state index contributed by atoms with van der Waals surface area (Å²) in [6.45, 7) is 5.60. The van der Waals surface area contributed by atoms with Gasteiger partial charge in [0, 0.05) is 11.1 Å². The highest BCUT2D eigenvalue weighted by molar-refractivity contribution is 5.87. The Morgan fingerprint density at radius 3 is 2.13 bits per heavy atom. The lowest BCUT2D eigenvalue weighted by Gasteiger charge is -2.14. The molecule has 1 unspecified atom stereocenters. The van der Waals surface area contributed by atoms with Gasteiger partial charge >= 0.3 is 11.9 Å². The largest absolute Gasteiger partial charge is 0.481 e. The quantitative estimate of drug-likeness (QED) is 0.536. The number of rotatable bonds is 7. The number of aryl methyl sites for hydroxylation is 1. The van der Waals surface area contributed by atoms with Crippen molar-refractivity contribution < 1.29 is 24.0 Å². The van der Waals surface area contributed by atoms with Crippen LogP contribution in [0.25, 0.3) is 22.5 Å². The van der Waals surface area contributed by atoms with E-state index in [1.165, 1.54) is 0 Å². The van der Waals surface area contributed by atoms with Gasteiger partial charge in [-0.25, -0.2) is 0 Å². The van der Waals surface area contributed by atoms with E-state index in [9.17, 15) is 14.7 Å². The van der Waals surface area contributed by atoms with Gasteiger partial charge in [-0.05, 0) is 50.3 Å². The van der Waals surface area contributed by atoms with Crippen LogP contribution >= 0.6 is 0 Å². The summed E-state index contributed by atoms with van der Waals surface area (Å²) < 4.78 is 10.7. The first-order valence-corrected chi connectivity index (χ1v) is 10.4. The van der Waals surface area contributed by atoms with Crippen molar-refractivity contribution in [3.8, 4) is 22.5 Å². The summed E-state index contributed by atoms with van der Waals surface area (Å²) in [6.07, 6.45) is 1.65. The van der Waals surface area contributed by atoms with E-state index in [0.717, 1.165) is 35.1 Å². The molecule has 1 aliphatic carbocycles. The molecule has 6 heteroatoms. The van der Waals surface area contributed by atoms with Crippen LogP contribution in [0.2, 0.25) is 0 Å². The maximum absolute atomic E-state index is 12.3. The minimum Gasteiger partial charge on any atom is -0.481 e. The monoisotopic (exact) mass is 419 g/mol. The second-order valence-electron chi connectivity index (χ2n) is 8.03. The number of carboxylic acids is 1. The Bertz CT molecular complexity index is 1110. The Balaban J connectivity index is 1.58. The van der Waals surface area contributed by atoms with Gasteiger partial charge in [0.2, 0.25) is 0 Å². The fourth-order valence-electron chi connectivity index (χ4n) is 4.02. The van der Waals surface area contributed by atoms with Crippen molar-refractivity contribution in [3.63, 3.8) is 0 Å². The number of carbonyl (C=O) groups is 2. The van der Waals surface area contributed by atoms with Crippen molar-refractivity contribution >= 4 is 11.9 Å². The number of carboxylic acid groups (broad SMARTS) is 1. The number of carbonyl (C=O) groups excluding carboxylic acids is 1. The summed E-state index contributed by atoms with van der Waals surface area (Å²) >= 11 is 0. The smallest absolute Gasteiger partial charge is 0.316 e. The molecule has 1 N–H and O–H groups in total. The predicted molar refractivity (Wildman–Crippen MR) is 116 cm³/mol. The highest BCUT2D eigenvalue weighted by Gasteiger charge is 2.52. The fraction of sp³-hybridized carbons (Fsp3) is 0.320. The van der Waals surface area contributed by atoms with Crippen LogP contribution in [0.4, 0.5) is 0 Å². The van der Waals surface area contributed by atoms with Crippen LogP contribution in [0.5, 0.6) is 0 Å². The lowest BCUT2D eigenvalue weighted by Crippen LogP contribution is -2.23. The van der Waals surface area contributed by atoms with Crippen molar-refractivity contribution in [2.24, 2.45) is 0 Å². The molecule has 160 valence electrons. The topological polar surface area (TPSA) is 89.6 Å². The van der Waals surface area contributed by atoms with E-state index < -0.39 is 17.3 Å². The normalized spacial score (nSPS) is 15.3. The molecular weight excluding hydrogens is 394 g/mol. The Morgan fingerprint density at radius 2 is 1.61 bits per heavy atom. The van der Waals surface area contributed by atoms with Gasteiger partial charge < -0.3 is 14.4 Å². The third kappa shape index (κ3) is 3.74. The minimum atomic E-state index is -0.916. The third-order valence-corrected chi connectivity index (χ3v) is 6.05. The maximum atomic E-state index is 12.3. The van der Waals surface area contributed by atoms with Gasteiger partial charge in [-0.1, -0.05) is 53.7 Å². The highest BCUT2D eigenvalue weighted by Crippen LogP contribution is 2.49. The lowest BCUT2D eigenvalue weighted by atomic mass is 9.93. The van der Waals surface area contributed by atoms with Gasteiger partial charge in [-0.3, -0.25) is 9.59 Å². The van der Waals surface area contributed by atoms with Crippen molar-refractivity contribution in [3.05, 3.63) is 65.4 Å². The Kier molecular flexibility index (Phi) is 5.39. The molecule has 4 rings (SSSR count). The van der Waals surface area contributed by atoms with Gasteiger partial charge in [0.15, 0.2) is 5.76 Å². The fourth-order valence-corrected chi connectivity index (χ4v) is 4.02. The average Bonchev–Trinajstić information content (AvgIpc) is 3.50. The van der Waals surface area contributed by atoms with Gasteiger partial charge in [0.25, 0.3) is 0 Å². The number of nitrogens with zero attached hydrogens (tertiary/aromatic N) is 1. The van der Waals surface area contributed by atoms with E-state index in [-0.39, 0.29) is 5.97 Å². The van der Waals surface area contributed by atoms with E-state index in [1.54, 1.807) is 13.8 Å². The predicted octanol–water partition coefficient (Wildman–Crippen LogP) is 5.10. The zero-order valence-corrected chi connectivity index (χ0v) is 17.8. The summed E-state index contributed by atoms with van der Waals surface area (Å²) in [6, 6.07) is 15.8. The Morgan fingerprint density at radius 1 is 1.06 bits per heavy atom. The molecule has 1 heterocycles. The van der Waals surface area contributed by atoms with Crippen LogP contribution in [0.1, 0.15) is 49.4 Å². The molecule has 0 radical (unpaired) electrons. The maximum Gasteiger partial charge on any atom is 0.316 e. The number of esters is 1. The van der Waals surface area contributed by atoms with Crippen molar-refractivity contribution in [2.45, 2.75) is 44.9 Å². The number of aliphatic carboxylic acids is 1. The zero-order valence-electron chi connectivity index (χ0n) is 17.8. The lowest BCUT2D eigenvalue weighted by molar-refractivity contribution is -0.146. The first-order chi connectivity index (χ1) is 14.9. The Labute approximate surface area is 180 Å². The zero-order chi connectivity index (χ0) is 22.2. The molecule has 0 saturated heterocycles. The number of hydrogen-bond donors (Lipinski definition) is 1. The molecule has 31 heavy (non-hydrogen) atoms. The van der Waals surface area contributed by atoms with Crippen molar-refractivity contribution in [2.75, 3.05) is 6.61 Å². The summed E-state index contributed by atoms with van der Waals surface area (Å²) in [7, 11) is 0. The van der Waals surface area contributed by atoms with Crippen LogP contribution in [-0.4, -0.2) is 28.8 Å². The van der Waals surface area contributed by atoms with Crippen LogP contribution in [0.15, 0.2) is 53.1 Å². The number of benzene rings is 2.